The normalized spacial score (nSPS) is 10.6. The third-order valence-electron chi connectivity index (χ3n) is 3.89. The van der Waals surface area contributed by atoms with E-state index >= 15 is 0 Å². The average molecular weight is 345 g/mol. The minimum absolute atomic E-state index is 0.0794. The van der Waals surface area contributed by atoms with Crippen LogP contribution in [0.4, 0.5) is 10.5 Å². The molecule has 0 atom stereocenters. The fourth-order valence-electron chi connectivity index (χ4n) is 2.23. The molecule has 1 aromatic carbocycles. The number of nitrogens with one attached hydrogen (secondary N) is 1. The van der Waals surface area contributed by atoms with Crippen LogP contribution in [0, 0.1) is 13.8 Å². The van der Waals surface area contributed by atoms with Gasteiger partial charge in [-0.1, -0.05) is 6.07 Å². The van der Waals surface area contributed by atoms with E-state index in [0.29, 0.717) is 0 Å². The molecular formula is C18H23N3O4. The maximum Gasteiger partial charge on any atom is 0.360 e. The SMILES string of the molecule is COC(=O)c1coc(CN(C(=O)Nc2ccc(C)c(C)c2)C(C)C)n1. The summed E-state index contributed by atoms with van der Waals surface area (Å²) in [6.07, 6.45) is 1.22. The summed E-state index contributed by atoms with van der Waals surface area (Å²) in [6, 6.07) is 5.39. The number of oxazole rings is 1. The molecule has 1 heterocycles. The predicted octanol–water partition coefficient (Wildman–Crippen LogP) is 3.52. The van der Waals surface area contributed by atoms with Crippen LogP contribution >= 0.6 is 0 Å². The van der Waals surface area contributed by atoms with Crippen LogP contribution in [-0.2, 0) is 11.3 Å². The lowest BCUT2D eigenvalue weighted by Crippen LogP contribution is -2.39. The Morgan fingerprint density at radius 1 is 1.28 bits per heavy atom. The Bertz CT molecular complexity index is 767. The first-order valence-electron chi connectivity index (χ1n) is 7.99. The van der Waals surface area contributed by atoms with Gasteiger partial charge in [0.05, 0.1) is 13.7 Å². The van der Waals surface area contributed by atoms with Gasteiger partial charge in [-0.25, -0.2) is 14.6 Å². The molecule has 0 saturated carbocycles. The molecule has 134 valence electrons. The van der Waals surface area contributed by atoms with Crippen molar-refractivity contribution in [1.29, 1.82) is 0 Å². The van der Waals surface area contributed by atoms with Gasteiger partial charge < -0.3 is 19.4 Å². The van der Waals surface area contributed by atoms with Crippen molar-refractivity contribution in [1.82, 2.24) is 9.88 Å². The summed E-state index contributed by atoms with van der Waals surface area (Å²) in [5.41, 5.74) is 3.07. The molecule has 0 aliphatic rings. The number of hydrogen-bond acceptors (Lipinski definition) is 5. The summed E-state index contributed by atoms with van der Waals surface area (Å²) in [7, 11) is 1.27. The van der Waals surface area contributed by atoms with Crippen molar-refractivity contribution in [2.24, 2.45) is 0 Å². The van der Waals surface area contributed by atoms with E-state index in [-0.39, 0.29) is 30.2 Å². The van der Waals surface area contributed by atoms with Crippen LogP contribution in [0.25, 0.3) is 0 Å². The number of rotatable bonds is 5. The summed E-state index contributed by atoms with van der Waals surface area (Å²) in [5.74, 6) is -0.310. The number of amides is 2. The molecule has 25 heavy (non-hydrogen) atoms. The van der Waals surface area contributed by atoms with Gasteiger partial charge in [0.15, 0.2) is 5.69 Å². The number of ether oxygens (including phenoxy) is 1. The number of nitrogens with zero attached hydrogens (tertiary/aromatic N) is 2. The van der Waals surface area contributed by atoms with Crippen LogP contribution in [-0.4, -0.2) is 35.0 Å². The maximum atomic E-state index is 12.6. The molecule has 0 unspecified atom stereocenters. The summed E-state index contributed by atoms with van der Waals surface area (Å²) in [6.45, 7) is 7.94. The molecule has 0 aliphatic carbocycles. The van der Waals surface area contributed by atoms with Gasteiger partial charge in [-0.2, -0.15) is 0 Å². The number of aryl methyl sites for hydroxylation is 2. The number of urea groups is 1. The minimum Gasteiger partial charge on any atom is -0.464 e. The Morgan fingerprint density at radius 3 is 2.60 bits per heavy atom. The highest BCUT2D eigenvalue weighted by molar-refractivity contribution is 5.89. The minimum atomic E-state index is -0.578. The number of aromatic nitrogens is 1. The summed E-state index contributed by atoms with van der Waals surface area (Å²) in [4.78, 5) is 29.7. The second-order valence-corrected chi connectivity index (χ2v) is 6.07. The van der Waals surface area contributed by atoms with Crippen LogP contribution in [0.2, 0.25) is 0 Å². The average Bonchev–Trinajstić information content (AvgIpc) is 3.03. The summed E-state index contributed by atoms with van der Waals surface area (Å²) in [5, 5.41) is 2.88. The molecule has 2 aromatic rings. The lowest BCUT2D eigenvalue weighted by Gasteiger charge is -2.25. The van der Waals surface area contributed by atoms with Crippen molar-refractivity contribution in [3.63, 3.8) is 0 Å². The van der Waals surface area contributed by atoms with Gasteiger partial charge in [0.1, 0.15) is 6.26 Å². The third kappa shape index (κ3) is 4.59. The van der Waals surface area contributed by atoms with Crippen molar-refractivity contribution in [2.45, 2.75) is 40.3 Å². The van der Waals surface area contributed by atoms with Crippen molar-refractivity contribution >= 4 is 17.7 Å². The van der Waals surface area contributed by atoms with E-state index in [1.165, 1.54) is 13.4 Å². The van der Waals surface area contributed by atoms with Crippen molar-refractivity contribution < 1.29 is 18.7 Å². The molecule has 1 N–H and O–H groups in total. The van der Waals surface area contributed by atoms with E-state index in [2.05, 4.69) is 15.0 Å². The first-order valence-corrected chi connectivity index (χ1v) is 7.99. The van der Waals surface area contributed by atoms with Crippen molar-refractivity contribution in [3.05, 3.63) is 47.2 Å². The van der Waals surface area contributed by atoms with Gasteiger partial charge in [0.25, 0.3) is 0 Å². The lowest BCUT2D eigenvalue weighted by atomic mass is 10.1. The first kappa shape index (κ1) is 18.5. The third-order valence-corrected chi connectivity index (χ3v) is 3.89. The van der Waals surface area contributed by atoms with Gasteiger partial charge in [0.2, 0.25) is 5.89 Å². The van der Waals surface area contributed by atoms with Crippen LogP contribution in [0.3, 0.4) is 0 Å². The maximum absolute atomic E-state index is 12.6. The monoisotopic (exact) mass is 345 g/mol. The van der Waals surface area contributed by atoms with Crippen LogP contribution in [0.5, 0.6) is 0 Å². The Kier molecular flexibility index (Phi) is 5.80. The van der Waals surface area contributed by atoms with Crippen molar-refractivity contribution in [2.75, 3.05) is 12.4 Å². The zero-order chi connectivity index (χ0) is 18.6. The number of carbonyl (C=O) groups is 2. The Hall–Kier alpha value is -2.83. The van der Waals surface area contributed by atoms with E-state index in [1.807, 2.05) is 45.9 Å². The molecule has 1 aromatic heterocycles. The first-order chi connectivity index (χ1) is 11.8. The Morgan fingerprint density at radius 2 is 2.00 bits per heavy atom. The number of anilines is 1. The summed E-state index contributed by atoms with van der Waals surface area (Å²) < 4.78 is 9.86. The van der Waals surface area contributed by atoms with E-state index in [1.54, 1.807) is 4.90 Å². The van der Waals surface area contributed by atoms with Gasteiger partial charge in [0, 0.05) is 11.7 Å². The van der Waals surface area contributed by atoms with Crippen LogP contribution in [0.1, 0.15) is 41.4 Å². The molecule has 7 nitrogen and oxygen atoms in total. The quantitative estimate of drug-likeness (QED) is 0.838. The van der Waals surface area contributed by atoms with Crippen LogP contribution in [0.15, 0.2) is 28.9 Å². The van der Waals surface area contributed by atoms with Crippen molar-refractivity contribution in [3.8, 4) is 0 Å². The summed E-state index contributed by atoms with van der Waals surface area (Å²) >= 11 is 0. The molecule has 7 heteroatoms. The topological polar surface area (TPSA) is 84.7 Å². The zero-order valence-corrected chi connectivity index (χ0v) is 15.1. The highest BCUT2D eigenvalue weighted by atomic mass is 16.5. The zero-order valence-electron chi connectivity index (χ0n) is 15.1. The predicted molar refractivity (Wildman–Crippen MR) is 93.5 cm³/mol. The van der Waals surface area contributed by atoms with Crippen LogP contribution < -0.4 is 5.32 Å². The molecule has 0 bridgehead atoms. The highest BCUT2D eigenvalue weighted by Crippen LogP contribution is 2.16. The van der Waals surface area contributed by atoms with Gasteiger partial charge in [-0.15, -0.1) is 0 Å². The fourth-order valence-corrected chi connectivity index (χ4v) is 2.23. The van der Waals surface area contributed by atoms with E-state index in [4.69, 9.17) is 4.42 Å². The highest BCUT2D eigenvalue weighted by Gasteiger charge is 2.21. The Labute approximate surface area is 147 Å². The largest absolute Gasteiger partial charge is 0.464 e. The number of carbonyl (C=O) groups excluding carboxylic acids is 2. The molecule has 0 saturated heterocycles. The molecule has 0 fully saturated rings. The molecule has 0 radical (unpaired) electrons. The van der Waals surface area contributed by atoms with Gasteiger partial charge >= 0.3 is 12.0 Å². The number of esters is 1. The molecule has 0 spiro atoms. The smallest absolute Gasteiger partial charge is 0.360 e. The molecular weight excluding hydrogens is 322 g/mol. The van der Waals surface area contributed by atoms with E-state index in [0.717, 1.165) is 16.8 Å². The standard InChI is InChI=1S/C18H23N3O4/c1-11(2)21(9-16-20-15(10-25-16)17(22)24-5)18(23)19-14-7-6-12(3)13(4)8-14/h6-8,10-11H,9H2,1-5H3,(H,19,23). The van der Waals surface area contributed by atoms with Gasteiger partial charge in [-0.3, -0.25) is 0 Å². The second kappa shape index (κ2) is 7.83. The number of benzene rings is 1. The van der Waals surface area contributed by atoms with Gasteiger partial charge in [-0.05, 0) is 51.0 Å². The molecule has 0 aliphatic heterocycles. The fraction of sp³-hybridized carbons (Fsp3) is 0.389. The van der Waals surface area contributed by atoms with E-state index < -0.39 is 5.97 Å². The Balaban J connectivity index is 2.11. The lowest BCUT2D eigenvalue weighted by molar-refractivity contribution is 0.0594. The number of hydrogen-bond donors (Lipinski definition) is 1. The number of methoxy groups -OCH3 is 1. The van der Waals surface area contributed by atoms with E-state index in [9.17, 15) is 9.59 Å². The second-order valence-electron chi connectivity index (χ2n) is 6.07. The molecule has 2 rings (SSSR count). The molecule has 2 amide bonds.